The van der Waals surface area contributed by atoms with Crippen LogP contribution in [0.25, 0.3) is 0 Å². The van der Waals surface area contributed by atoms with Crippen LogP contribution >= 0.6 is 0 Å². The third-order valence-electron chi connectivity index (χ3n) is 3.14. The number of carbonyl (C=O) groups excluding carboxylic acids is 1. The number of hydrogen-bond acceptors (Lipinski definition) is 4. The van der Waals surface area contributed by atoms with E-state index in [4.69, 9.17) is 9.84 Å². The van der Waals surface area contributed by atoms with Crippen molar-refractivity contribution in [3.05, 3.63) is 29.3 Å². The molecular formula is C15H21NO5. The highest BCUT2D eigenvalue weighted by atomic mass is 16.5. The fraction of sp³-hybridized carbons (Fsp3) is 0.467. The van der Waals surface area contributed by atoms with E-state index in [0.29, 0.717) is 5.75 Å². The third-order valence-corrected chi connectivity index (χ3v) is 3.14. The second-order valence-electron chi connectivity index (χ2n) is 4.97. The molecule has 0 bridgehead atoms. The number of aryl methyl sites for hydroxylation is 2. The summed E-state index contributed by atoms with van der Waals surface area (Å²) in [5.41, 5.74) is 2.25. The molecule has 0 aliphatic carbocycles. The number of rotatable bonds is 7. The first kappa shape index (κ1) is 17.0. The SMILES string of the molecule is Cc1ccc(OCCC(=O)N[C@H](C(=O)O)[C@@H](C)O)cc1C. The van der Waals surface area contributed by atoms with E-state index in [-0.39, 0.29) is 13.0 Å². The van der Waals surface area contributed by atoms with Crippen LogP contribution in [0.3, 0.4) is 0 Å². The van der Waals surface area contributed by atoms with Crippen LogP contribution < -0.4 is 10.1 Å². The molecule has 0 aliphatic heterocycles. The molecule has 2 atom stereocenters. The number of carboxylic acid groups (broad SMARTS) is 1. The summed E-state index contributed by atoms with van der Waals surface area (Å²) in [5, 5.41) is 20.4. The molecule has 0 saturated heterocycles. The highest BCUT2D eigenvalue weighted by Gasteiger charge is 2.24. The molecule has 0 aliphatic rings. The smallest absolute Gasteiger partial charge is 0.328 e. The maximum absolute atomic E-state index is 11.6. The zero-order valence-electron chi connectivity index (χ0n) is 12.4. The quantitative estimate of drug-likeness (QED) is 0.698. The lowest BCUT2D eigenvalue weighted by Gasteiger charge is -2.17. The van der Waals surface area contributed by atoms with Gasteiger partial charge >= 0.3 is 5.97 Å². The number of carboxylic acids is 1. The van der Waals surface area contributed by atoms with Gasteiger partial charge in [0.25, 0.3) is 0 Å². The molecular weight excluding hydrogens is 274 g/mol. The average molecular weight is 295 g/mol. The second-order valence-corrected chi connectivity index (χ2v) is 4.97. The second kappa shape index (κ2) is 7.64. The molecule has 0 unspecified atom stereocenters. The maximum atomic E-state index is 11.6. The van der Waals surface area contributed by atoms with Gasteiger partial charge in [0, 0.05) is 0 Å². The monoisotopic (exact) mass is 295 g/mol. The Morgan fingerprint density at radius 2 is 1.95 bits per heavy atom. The molecule has 0 fully saturated rings. The molecule has 1 rings (SSSR count). The van der Waals surface area contributed by atoms with E-state index in [0.717, 1.165) is 11.1 Å². The van der Waals surface area contributed by atoms with Gasteiger partial charge in [-0.25, -0.2) is 4.79 Å². The topological polar surface area (TPSA) is 95.9 Å². The molecule has 116 valence electrons. The lowest BCUT2D eigenvalue weighted by atomic mass is 10.1. The Kier molecular flexibility index (Phi) is 6.17. The number of aliphatic hydroxyl groups excluding tert-OH is 1. The maximum Gasteiger partial charge on any atom is 0.328 e. The molecule has 1 aromatic rings. The molecule has 0 radical (unpaired) electrons. The number of hydrogen-bond donors (Lipinski definition) is 3. The highest BCUT2D eigenvalue weighted by molar-refractivity contribution is 5.83. The van der Waals surface area contributed by atoms with Gasteiger partial charge in [0.2, 0.25) is 5.91 Å². The van der Waals surface area contributed by atoms with Gasteiger partial charge < -0.3 is 20.3 Å². The van der Waals surface area contributed by atoms with Crippen molar-refractivity contribution < 1.29 is 24.5 Å². The number of benzene rings is 1. The number of carbonyl (C=O) groups is 2. The highest BCUT2D eigenvalue weighted by Crippen LogP contribution is 2.16. The van der Waals surface area contributed by atoms with E-state index in [9.17, 15) is 14.7 Å². The van der Waals surface area contributed by atoms with E-state index in [1.165, 1.54) is 6.92 Å². The fourth-order valence-corrected chi connectivity index (χ4v) is 1.70. The number of aliphatic hydroxyl groups is 1. The van der Waals surface area contributed by atoms with Crippen LogP contribution in [0.5, 0.6) is 5.75 Å². The molecule has 0 aromatic heterocycles. The minimum atomic E-state index is -1.31. The molecule has 0 heterocycles. The first-order valence-corrected chi connectivity index (χ1v) is 6.71. The lowest BCUT2D eigenvalue weighted by Crippen LogP contribution is -2.47. The van der Waals surface area contributed by atoms with Crippen molar-refractivity contribution in [2.45, 2.75) is 39.3 Å². The van der Waals surface area contributed by atoms with Crippen LogP contribution in [0.4, 0.5) is 0 Å². The molecule has 1 aromatic carbocycles. The predicted molar refractivity (Wildman–Crippen MR) is 77.3 cm³/mol. The lowest BCUT2D eigenvalue weighted by molar-refractivity contribution is -0.144. The molecule has 0 saturated carbocycles. The predicted octanol–water partition coefficient (Wildman–Crippen LogP) is 1.02. The van der Waals surface area contributed by atoms with Crippen LogP contribution in [-0.4, -0.2) is 40.8 Å². The van der Waals surface area contributed by atoms with Gasteiger partial charge in [0.1, 0.15) is 5.75 Å². The van der Waals surface area contributed by atoms with E-state index >= 15 is 0 Å². The van der Waals surface area contributed by atoms with Gasteiger partial charge in [0.05, 0.1) is 19.1 Å². The number of nitrogens with one attached hydrogen (secondary N) is 1. The molecule has 6 nitrogen and oxygen atoms in total. The van der Waals surface area contributed by atoms with Gasteiger partial charge in [-0.15, -0.1) is 0 Å². The number of ether oxygens (including phenoxy) is 1. The summed E-state index contributed by atoms with van der Waals surface area (Å²) >= 11 is 0. The average Bonchev–Trinajstić information content (AvgIpc) is 2.39. The molecule has 3 N–H and O–H groups in total. The molecule has 1 amide bonds. The number of aliphatic carboxylic acids is 1. The van der Waals surface area contributed by atoms with Crippen molar-refractivity contribution in [1.82, 2.24) is 5.32 Å². The molecule has 21 heavy (non-hydrogen) atoms. The zero-order chi connectivity index (χ0) is 16.0. The zero-order valence-corrected chi connectivity index (χ0v) is 12.4. The van der Waals surface area contributed by atoms with Crippen molar-refractivity contribution in [3.63, 3.8) is 0 Å². The fourth-order valence-electron chi connectivity index (χ4n) is 1.70. The first-order valence-electron chi connectivity index (χ1n) is 6.71. The van der Waals surface area contributed by atoms with Crippen molar-refractivity contribution in [1.29, 1.82) is 0 Å². The largest absolute Gasteiger partial charge is 0.493 e. The Hall–Kier alpha value is -2.08. The minimum absolute atomic E-state index is 0.0173. The normalized spacial score (nSPS) is 13.3. The summed E-state index contributed by atoms with van der Waals surface area (Å²) in [6, 6.07) is 4.32. The van der Waals surface area contributed by atoms with Gasteiger partial charge in [-0.05, 0) is 44.0 Å². The Morgan fingerprint density at radius 3 is 2.48 bits per heavy atom. The summed E-state index contributed by atoms with van der Waals surface area (Å²) in [6.45, 7) is 5.41. The summed E-state index contributed by atoms with van der Waals surface area (Å²) in [6.07, 6.45) is -1.14. The van der Waals surface area contributed by atoms with Crippen molar-refractivity contribution in [2.24, 2.45) is 0 Å². The summed E-state index contributed by atoms with van der Waals surface area (Å²) in [5.74, 6) is -1.09. The standard InChI is InChI=1S/C15H21NO5/c1-9-4-5-12(8-10(9)2)21-7-6-13(18)16-14(11(3)17)15(19)20/h4-5,8,11,14,17H,6-7H2,1-3H3,(H,16,18)(H,19,20)/t11-,14+/m1/s1. The number of amides is 1. The Bertz CT molecular complexity index is 513. The summed E-state index contributed by atoms with van der Waals surface area (Å²) in [7, 11) is 0. The van der Waals surface area contributed by atoms with Gasteiger partial charge in [-0.2, -0.15) is 0 Å². The molecule has 6 heteroatoms. The summed E-state index contributed by atoms with van der Waals surface area (Å²) < 4.78 is 5.44. The van der Waals surface area contributed by atoms with Crippen LogP contribution in [0.2, 0.25) is 0 Å². The van der Waals surface area contributed by atoms with Crippen LogP contribution in [-0.2, 0) is 9.59 Å². The minimum Gasteiger partial charge on any atom is -0.493 e. The van der Waals surface area contributed by atoms with Crippen LogP contribution in [0, 0.1) is 13.8 Å². The Labute approximate surface area is 123 Å². The van der Waals surface area contributed by atoms with Gasteiger partial charge in [0.15, 0.2) is 6.04 Å². The third kappa shape index (κ3) is 5.43. The van der Waals surface area contributed by atoms with Gasteiger partial charge in [-0.1, -0.05) is 6.07 Å². The van der Waals surface area contributed by atoms with Gasteiger partial charge in [-0.3, -0.25) is 4.79 Å². The van der Waals surface area contributed by atoms with Crippen LogP contribution in [0.1, 0.15) is 24.5 Å². The van der Waals surface area contributed by atoms with E-state index in [1.807, 2.05) is 32.0 Å². The Morgan fingerprint density at radius 1 is 1.29 bits per heavy atom. The van der Waals surface area contributed by atoms with E-state index in [2.05, 4.69) is 5.32 Å². The van der Waals surface area contributed by atoms with E-state index in [1.54, 1.807) is 0 Å². The van der Waals surface area contributed by atoms with Crippen molar-refractivity contribution in [2.75, 3.05) is 6.61 Å². The van der Waals surface area contributed by atoms with Crippen molar-refractivity contribution in [3.8, 4) is 5.75 Å². The first-order chi connectivity index (χ1) is 9.81. The summed E-state index contributed by atoms with van der Waals surface area (Å²) in [4.78, 5) is 22.4. The van der Waals surface area contributed by atoms with E-state index < -0.39 is 24.0 Å². The Balaban J connectivity index is 2.42. The van der Waals surface area contributed by atoms with Crippen molar-refractivity contribution >= 4 is 11.9 Å². The van der Waals surface area contributed by atoms with Crippen LogP contribution in [0.15, 0.2) is 18.2 Å². The molecule has 0 spiro atoms.